The third kappa shape index (κ3) is 1.24. The van der Waals surface area contributed by atoms with Crippen molar-refractivity contribution in [2.45, 2.75) is 13.5 Å². The summed E-state index contributed by atoms with van der Waals surface area (Å²) in [5.41, 5.74) is 1.06. The second-order valence-corrected chi connectivity index (χ2v) is 3.97. The minimum atomic E-state index is -0.0731. The van der Waals surface area contributed by atoms with Gasteiger partial charge in [-0.05, 0) is 29.5 Å². The van der Waals surface area contributed by atoms with Gasteiger partial charge in [0.05, 0.1) is 6.33 Å². The van der Waals surface area contributed by atoms with Crippen LogP contribution in [0, 0.1) is 3.70 Å². The van der Waals surface area contributed by atoms with Gasteiger partial charge in [0.15, 0.2) is 5.52 Å². The van der Waals surface area contributed by atoms with E-state index in [1.54, 1.807) is 22.6 Å². The maximum atomic E-state index is 11.8. The maximum Gasteiger partial charge on any atom is 0.281 e. The van der Waals surface area contributed by atoms with Crippen LogP contribution in [0.25, 0.3) is 11.0 Å². The molecule has 6 heteroatoms. The number of fused-ring (bicyclic) bond motifs is 1. The Morgan fingerprint density at radius 3 is 2.86 bits per heavy atom. The first-order chi connectivity index (χ1) is 6.65. The molecule has 2 rings (SSSR count). The lowest BCUT2D eigenvalue weighted by Gasteiger charge is -1.97. The molecule has 0 aliphatic carbocycles. The van der Waals surface area contributed by atoms with Gasteiger partial charge in [0.1, 0.15) is 9.22 Å². The minimum absolute atomic E-state index is 0.0731. The summed E-state index contributed by atoms with van der Waals surface area (Å²) in [7, 11) is 1.80. The predicted molar refractivity (Wildman–Crippen MR) is 61.2 cm³/mol. The third-order valence-corrected chi connectivity index (χ3v) is 3.29. The van der Waals surface area contributed by atoms with Gasteiger partial charge < -0.3 is 0 Å². The van der Waals surface area contributed by atoms with Crippen molar-refractivity contribution in [3.63, 3.8) is 0 Å². The number of hydrogen-bond acceptors (Lipinski definition) is 3. The summed E-state index contributed by atoms with van der Waals surface area (Å²) in [5, 5.41) is 4.13. The van der Waals surface area contributed by atoms with Gasteiger partial charge in [0.25, 0.3) is 5.56 Å². The summed E-state index contributed by atoms with van der Waals surface area (Å²) in [6, 6.07) is 0. The number of rotatable bonds is 1. The Morgan fingerprint density at radius 2 is 2.21 bits per heavy atom. The van der Waals surface area contributed by atoms with Crippen LogP contribution in [-0.4, -0.2) is 19.3 Å². The summed E-state index contributed by atoms with van der Waals surface area (Å²) >= 11 is 2.13. The van der Waals surface area contributed by atoms with E-state index >= 15 is 0 Å². The van der Waals surface area contributed by atoms with E-state index in [1.807, 2.05) is 6.92 Å². The van der Waals surface area contributed by atoms with Crippen molar-refractivity contribution in [1.82, 2.24) is 19.3 Å². The SMILES string of the molecule is CCn1cnc2c(I)n(C)nc2c1=O. The summed E-state index contributed by atoms with van der Waals surface area (Å²) in [6.07, 6.45) is 1.56. The van der Waals surface area contributed by atoms with Crippen LogP contribution in [0.2, 0.25) is 0 Å². The van der Waals surface area contributed by atoms with Crippen LogP contribution in [0.15, 0.2) is 11.1 Å². The molecule has 2 aromatic rings. The van der Waals surface area contributed by atoms with E-state index in [0.717, 1.165) is 3.70 Å². The van der Waals surface area contributed by atoms with Gasteiger partial charge in [-0.25, -0.2) is 4.98 Å². The van der Waals surface area contributed by atoms with E-state index in [9.17, 15) is 4.79 Å². The molecule has 0 saturated carbocycles. The van der Waals surface area contributed by atoms with Crippen LogP contribution in [0.3, 0.4) is 0 Å². The van der Waals surface area contributed by atoms with E-state index in [4.69, 9.17) is 0 Å². The molecule has 0 saturated heterocycles. The zero-order chi connectivity index (χ0) is 10.3. The van der Waals surface area contributed by atoms with E-state index < -0.39 is 0 Å². The Hall–Kier alpha value is -0.920. The van der Waals surface area contributed by atoms with E-state index in [0.29, 0.717) is 17.6 Å². The van der Waals surface area contributed by atoms with Crippen LogP contribution in [0.4, 0.5) is 0 Å². The van der Waals surface area contributed by atoms with Gasteiger partial charge in [-0.15, -0.1) is 0 Å². The molecule has 0 spiro atoms. The van der Waals surface area contributed by atoms with Gasteiger partial charge in [-0.3, -0.25) is 14.0 Å². The monoisotopic (exact) mass is 304 g/mol. The molecular weight excluding hydrogens is 295 g/mol. The second-order valence-electron chi connectivity index (χ2n) is 2.95. The lowest BCUT2D eigenvalue weighted by Crippen LogP contribution is -2.19. The fourth-order valence-electron chi connectivity index (χ4n) is 1.29. The first-order valence-corrected chi connectivity index (χ1v) is 5.30. The molecule has 0 aliphatic heterocycles. The first-order valence-electron chi connectivity index (χ1n) is 4.22. The van der Waals surface area contributed by atoms with Crippen LogP contribution < -0.4 is 5.56 Å². The highest BCUT2D eigenvalue weighted by Crippen LogP contribution is 2.13. The van der Waals surface area contributed by atoms with Crippen LogP contribution in [0.5, 0.6) is 0 Å². The minimum Gasteiger partial charge on any atom is -0.298 e. The normalized spacial score (nSPS) is 11.1. The fraction of sp³-hybridized carbons (Fsp3) is 0.375. The molecule has 0 amide bonds. The second kappa shape index (κ2) is 3.34. The van der Waals surface area contributed by atoms with Gasteiger partial charge >= 0.3 is 0 Å². The van der Waals surface area contributed by atoms with Crippen molar-refractivity contribution >= 4 is 33.6 Å². The summed E-state index contributed by atoms with van der Waals surface area (Å²) < 4.78 is 4.10. The third-order valence-electron chi connectivity index (χ3n) is 2.08. The van der Waals surface area contributed by atoms with Crippen LogP contribution >= 0.6 is 22.6 Å². The van der Waals surface area contributed by atoms with Crippen molar-refractivity contribution in [2.24, 2.45) is 7.05 Å². The van der Waals surface area contributed by atoms with Gasteiger partial charge in [0.2, 0.25) is 0 Å². The molecule has 2 heterocycles. The van der Waals surface area contributed by atoms with Crippen molar-refractivity contribution in [2.75, 3.05) is 0 Å². The average molecular weight is 304 g/mol. The Balaban J connectivity index is 2.91. The molecule has 0 aliphatic rings. The van der Waals surface area contributed by atoms with Crippen molar-refractivity contribution < 1.29 is 0 Å². The molecule has 0 aromatic carbocycles. The summed E-state index contributed by atoms with van der Waals surface area (Å²) in [6.45, 7) is 2.53. The van der Waals surface area contributed by atoms with Gasteiger partial charge in [0, 0.05) is 13.6 Å². The summed E-state index contributed by atoms with van der Waals surface area (Å²) in [4.78, 5) is 16.0. The number of halogens is 1. The lowest BCUT2D eigenvalue weighted by atomic mass is 10.4. The molecule has 0 fully saturated rings. The fourth-order valence-corrected chi connectivity index (χ4v) is 1.79. The number of aryl methyl sites for hydroxylation is 2. The quantitative estimate of drug-likeness (QED) is 0.731. The highest BCUT2D eigenvalue weighted by molar-refractivity contribution is 14.1. The Labute approximate surface area is 93.9 Å². The molecule has 2 aromatic heterocycles. The molecule has 0 atom stereocenters. The Bertz CT molecular complexity index is 542. The summed E-state index contributed by atoms with van der Waals surface area (Å²) in [5.74, 6) is 0. The van der Waals surface area contributed by atoms with E-state index in [2.05, 4.69) is 32.7 Å². The Kier molecular flexibility index (Phi) is 2.30. The van der Waals surface area contributed by atoms with Crippen molar-refractivity contribution in [1.29, 1.82) is 0 Å². The molecule has 14 heavy (non-hydrogen) atoms. The largest absolute Gasteiger partial charge is 0.298 e. The van der Waals surface area contributed by atoms with Gasteiger partial charge in [-0.1, -0.05) is 0 Å². The van der Waals surface area contributed by atoms with Crippen molar-refractivity contribution in [3.05, 3.63) is 20.4 Å². The standard InChI is InChI=1S/C8H9IN4O/c1-3-13-4-10-5-6(8(13)14)11-12(2)7(5)9/h4H,3H2,1-2H3. The molecular formula is C8H9IN4O. The van der Waals surface area contributed by atoms with Crippen LogP contribution in [0.1, 0.15) is 6.92 Å². The topological polar surface area (TPSA) is 52.7 Å². The van der Waals surface area contributed by atoms with E-state index in [1.165, 1.54) is 0 Å². The highest BCUT2D eigenvalue weighted by atomic mass is 127. The molecule has 5 nitrogen and oxygen atoms in total. The first kappa shape index (κ1) is 9.63. The lowest BCUT2D eigenvalue weighted by molar-refractivity contribution is 0.712. The van der Waals surface area contributed by atoms with Crippen LogP contribution in [-0.2, 0) is 13.6 Å². The smallest absolute Gasteiger partial charge is 0.281 e. The zero-order valence-electron chi connectivity index (χ0n) is 7.86. The average Bonchev–Trinajstić information content (AvgIpc) is 2.46. The highest BCUT2D eigenvalue weighted by Gasteiger charge is 2.11. The molecule has 0 bridgehead atoms. The number of nitrogens with zero attached hydrogens (tertiary/aromatic N) is 4. The van der Waals surface area contributed by atoms with E-state index in [-0.39, 0.29) is 5.56 Å². The molecule has 74 valence electrons. The maximum absolute atomic E-state index is 11.8. The predicted octanol–water partition coefficient (Wildman–Crippen LogP) is 0.754. The number of hydrogen-bond donors (Lipinski definition) is 0. The Morgan fingerprint density at radius 1 is 1.50 bits per heavy atom. The molecule has 0 unspecified atom stereocenters. The van der Waals surface area contributed by atoms with Crippen molar-refractivity contribution in [3.8, 4) is 0 Å². The molecule has 0 N–H and O–H groups in total. The van der Waals surface area contributed by atoms with Gasteiger partial charge in [-0.2, -0.15) is 5.10 Å². The number of aromatic nitrogens is 4. The zero-order valence-corrected chi connectivity index (χ0v) is 10.0. The molecule has 0 radical (unpaired) electrons.